The molecule has 1 aromatic carbocycles. The van der Waals surface area contributed by atoms with Crippen LogP contribution < -0.4 is 5.32 Å². The van der Waals surface area contributed by atoms with Gasteiger partial charge in [0.1, 0.15) is 0 Å². The van der Waals surface area contributed by atoms with Crippen molar-refractivity contribution in [2.24, 2.45) is 0 Å². The molecular formula is C13H18Cl2N2. The zero-order chi connectivity index (χ0) is 12.4. The molecule has 1 aliphatic rings. The summed E-state index contributed by atoms with van der Waals surface area (Å²) >= 11 is 12.2. The number of rotatable bonds is 2. The number of hydrogen-bond donors (Lipinski definition) is 1. The minimum Gasteiger partial charge on any atom is -0.314 e. The first-order chi connectivity index (χ1) is 8.09. The summed E-state index contributed by atoms with van der Waals surface area (Å²) in [5, 5.41) is 4.85. The molecule has 0 amide bonds. The number of piperazine rings is 1. The van der Waals surface area contributed by atoms with E-state index in [1.54, 1.807) is 0 Å². The maximum absolute atomic E-state index is 6.26. The van der Waals surface area contributed by atoms with Gasteiger partial charge in [-0.2, -0.15) is 0 Å². The molecule has 0 spiro atoms. The summed E-state index contributed by atoms with van der Waals surface area (Å²) < 4.78 is 0. The minimum absolute atomic E-state index is 0.330. The Bertz CT molecular complexity index is 395. The highest BCUT2D eigenvalue weighted by Crippen LogP contribution is 2.30. The van der Waals surface area contributed by atoms with Crippen molar-refractivity contribution >= 4 is 23.2 Å². The van der Waals surface area contributed by atoms with Crippen molar-refractivity contribution in [2.45, 2.75) is 25.9 Å². The average Bonchev–Trinajstić information content (AvgIpc) is 2.29. The normalized spacial score (nSPS) is 23.6. The van der Waals surface area contributed by atoms with E-state index in [1.165, 1.54) is 0 Å². The fourth-order valence-corrected chi connectivity index (χ4v) is 3.02. The van der Waals surface area contributed by atoms with Crippen LogP contribution in [0.5, 0.6) is 0 Å². The first kappa shape index (κ1) is 13.2. The lowest BCUT2D eigenvalue weighted by atomic mass is 10.0. The van der Waals surface area contributed by atoms with E-state index in [4.69, 9.17) is 23.2 Å². The predicted octanol–water partition coefficient (Wildman–Crippen LogP) is 3.35. The highest BCUT2D eigenvalue weighted by atomic mass is 35.5. The smallest absolute Gasteiger partial charge is 0.0468 e. The molecule has 2 unspecified atom stereocenters. The molecule has 1 N–H and O–H groups in total. The Hall–Kier alpha value is -0.280. The number of halogens is 2. The summed E-state index contributed by atoms with van der Waals surface area (Å²) in [6.45, 7) is 7.58. The van der Waals surface area contributed by atoms with E-state index in [9.17, 15) is 0 Å². The van der Waals surface area contributed by atoms with Crippen LogP contribution in [0.15, 0.2) is 18.2 Å². The molecular weight excluding hydrogens is 255 g/mol. The lowest BCUT2D eigenvalue weighted by Gasteiger charge is -2.38. The highest BCUT2D eigenvalue weighted by molar-refractivity contribution is 6.35. The van der Waals surface area contributed by atoms with Crippen molar-refractivity contribution in [1.29, 1.82) is 0 Å². The quantitative estimate of drug-likeness (QED) is 0.889. The second-order valence-electron chi connectivity index (χ2n) is 4.63. The van der Waals surface area contributed by atoms with Crippen molar-refractivity contribution in [3.05, 3.63) is 33.8 Å². The molecule has 1 heterocycles. The van der Waals surface area contributed by atoms with Gasteiger partial charge in [-0.1, -0.05) is 29.3 Å². The van der Waals surface area contributed by atoms with Gasteiger partial charge in [0, 0.05) is 41.8 Å². The molecule has 17 heavy (non-hydrogen) atoms. The van der Waals surface area contributed by atoms with E-state index in [1.807, 2.05) is 18.2 Å². The van der Waals surface area contributed by atoms with E-state index in [0.29, 0.717) is 17.1 Å². The van der Waals surface area contributed by atoms with E-state index >= 15 is 0 Å². The summed E-state index contributed by atoms with van der Waals surface area (Å²) in [6.07, 6.45) is 0. The SMILES string of the molecule is CC1CNCCN1C(C)c1ccc(Cl)cc1Cl. The Morgan fingerprint density at radius 2 is 2.18 bits per heavy atom. The molecule has 1 aromatic rings. The summed E-state index contributed by atoms with van der Waals surface area (Å²) in [5.74, 6) is 0. The Balaban J connectivity index is 2.20. The van der Waals surface area contributed by atoms with Crippen LogP contribution in [0.2, 0.25) is 10.0 Å². The maximum Gasteiger partial charge on any atom is 0.0468 e. The molecule has 4 heteroatoms. The average molecular weight is 273 g/mol. The van der Waals surface area contributed by atoms with Crippen molar-refractivity contribution in [3.8, 4) is 0 Å². The Labute approximate surface area is 113 Å². The number of nitrogens with one attached hydrogen (secondary N) is 1. The molecule has 94 valence electrons. The van der Waals surface area contributed by atoms with Crippen LogP contribution in [0.25, 0.3) is 0 Å². The fraction of sp³-hybridized carbons (Fsp3) is 0.538. The van der Waals surface area contributed by atoms with Gasteiger partial charge in [-0.15, -0.1) is 0 Å². The largest absolute Gasteiger partial charge is 0.314 e. The summed E-state index contributed by atoms with van der Waals surface area (Å²) in [6, 6.07) is 6.63. The summed E-state index contributed by atoms with van der Waals surface area (Å²) in [7, 11) is 0. The molecule has 2 nitrogen and oxygen atoms in total. The van der Waals surface area contributed by atoms with Gasteiger partial charge in [0.2, 0.25) is 0 Å². The second-order valence-corrected chi connectivity index (χ2v) is 5.48. The van der Waals surface area contributed by atoms with Gasteiger partial charge in [0.25, 0.3) is 0 Å². The van der Waals surface area contributed by atoms with E-state index < -0.39 is 0 Å². The van der Waals surface area contributed by atoms with E-state index in [-0.39, 0.29) is 0 Å². The Kier molecular flexibility index (Phi) is 4.31. The molecule has 2 atom stereocenters. The highest BCUT2D eigenvalue weighted by Gasteiger charge is 2.25. The molecule has 0 aliphatic carbocycles. The molecule has 0 saturated carbocycles. The van der Waals surface area contributed by atoms with E-state index in [2.05, 4.69) is 24.1 Å². The third-order valence-corrected chi connectivity index (χ3v) is 4.03. The number of benzene rings is 1. The third-order valence-electron chi connectivity index (χ3n) is 3.46. The van der Waals surface area contributed by atoms with Gasteiger partial charge < -0.3 is 5.32 Å². The third kappa shape index (κ3) is 2.94. The lowest BCUT2D eigenvalue weighted by molar-refractivity contribution is 0.126. The molecule has 0 radical (unpaired) electrons. The zero-order valence-corrected chi connectivity index (χ0v) is 11.7. The Morgan fingerprint density at radius 3 is 2.82 bits per heavy atom. The van der Waals surface area contributed by atoms with Gasteiger partial charge in [-0.05, 0) is 31.5 Å². The summed E-state index contributed by atoms with van der Waals surface area (Å²) in [4.78, 5) is 2.48. The van der Waals surface area contributed by atoms with Gasteiger partial charge >= 0.3 is 0 Å². The van der Waals surface area contributed by atoms with Crippen LogP contribution >= 0.6 is 23.2 Å². The first-order valence-electron chi connectivity index (χ1n) is 6.01. The van der Waals surface area contributed by atoms with Gasteiger partial charge in [-0.25, -0.2) is 0 Å². The predicted molar refractivity (Wildman–Crippen MR) is 73.9 cm³/mol. The van der Waals surface area contributed by atoms with Gasteiger partial charge in [0.15, 0.2) is 0 Å². The molecule has 2 rings (SSSR count). The van der Waals surface area contributed by atoms with Crippen LogP contribution in [0, 0.1) is 0 Å². The van der Waals surface area contributed by atoms with Gasteiger partial charge in [0.05, 0.1) is 0 Å². The second kappa shape index (κ2) is 5.57. The zero-order valence-electron chi connectivity index (χ0n) is 10.2. The van der Waals surface area contributed by atoms with Crippen LogP contribution in [0.3, 0.4) is 0 Å². The van der Waals surface area contributed by atoms with Crippen molar-refractivity contribution in [1.82, 2.24) is 10.2 Å². The van der Waals surface area contributed by atoms with Crippen molar-refractivity contribution in [3.63, 3.8) is 0 Å². The number of hydrogen-bond acceptors (Lipinski definition) is 2. The van der Waals surface area contributed by atoms with Gasteiger partial charge in [-0.3, -0.25) is 4.90 Å². The first-order valence-corrected chi connectivity index (χ1v) is 6.76. The molecule has 0 aromatic heterocycles. The van der Waals surface area contributed by atoms with E-state index in [0.717, 1.165) is 30.2 Å². The standard InChI is InChI=1S/C13H18Cl2N2/c1-9-8-16-5-6-17(9)10(2)12-4-3-11(14)7-13(12)15/h3-4,7,9-10,16H,5-6,8H2,1-2H3. The minimum atomic E-state index is 0.330. The van der Waals surface area contributed by atoms with Crippen LogP contribution in [-0.2, 0) is 0 Å². The van der Waals surface area contributed by atoms with Crippen LogP contribution in [0.4, 0.5) is 0 Å². The Morgan fingerprint density at radius 1 is 1.41 bits per heavy atom. The molecule has 0 bridgehead atoms. The molecule has 1 saturated heterocycles. The van der Waals surface area contributed by atoms with Crippen molar-refractivity contribution < 1.29 is 0 Å². The summed E-state index contributed by atoms with van der Waals surface area (Å²) in [5.41, 5.74) is 1.16. The fourth-order valence-electron chi connectivity index (χ4n) is 2.45. The molecule has 1 fully saturated rings. The lowest BCUT2D eigenvalue weighted by Crippen LogP contribution is -2.50. The topological polar surface area (TPSA) is 15.3 Å². The van der Waals surface area contributed by atoms with Crippen molar-refractivity contribution in [2.75, 3.05) is 19.6 Å². The van der Waals surface area contributed by atoms with Crippen LogP contribution in [-0.4, -0.2) is 30.6 Å². The number of nitrogens with zero attached hydrogens (tertiary/aromatic N) is 1. The van der Waals surface area contributed by atoms with Crippen LogP contribution in [0.1, 0.15) is 25.5 Å². The maximum atomic E-state index is 6.26. The molecule has 1 aliphatic heterocycles. The monoisotopic (exact) mass is 272 g/mol.